The summed E-state index contributed by atoms with van der Waals surface area (Å²) in [5.41, 5.74) is 0.392. The van der Waals surface area contributed by atoms with Crippen LogP contribution in [-0.2, 0) is 9.53 Å². The molecule has 0 bridgehead atoms. The monoisotopic (exact) mass is 297 g/mol. The summed E-state index contributed by atoms with van der Waals surface area (Å²) in [4.78, 5) is 12.0. The van der Waals surface area contributed by atoms with Crippen molar-refractivity contribution >= 4 is 5.97 Å². The van der Waals surface area contributed by atoms with Gasteiger partial charge in [0.05, 0.1) is 13.0 Å². The quantitative estimate of drug-likeness (QED) is 0.679. The molecule has 1 aliphatic rings. The molecule has 1 N–H and O–H groups in total. The van der Waals surface area contributed by atoms with E-state index in [0.29, 0.717) is 18.4 Å². The number of hydrogen-bond acceptors (Lipinski definition) is 3. The molecule has 1 rings (SSSR count). The van der Waals surface area contributed by atoms with Crippen LogP contribution in [0.3, 0.4) is 0 Å². The van der Waals surface area contributed by atoms with Gasteiger partial charge in [-0.25, -0.2) is 0 Å². The molecule has 0 saturated heterocycles. The van der Waals surface area contributed by atoms with Gasteiger partial charge in [0.2, 0.25) is 0 Å². The minimum Gasteiger partial charge on any atom is -0.466 e. The van der Waals surface area contributed by atoms with Gasteiger partial charge in [0, 0.05) is 5.54 Å². The highest BCUT2D eigenvalue weighted by Crippen LogP contribution is 2.44. The summed E-state index contributed by atoms with van der Waals surface area (Å²) in [6.45, 7) is 12.6. The van der Waals surface area contributed by atoms with Crippen LogP contribution >= 0.6 is 0 Å². The predicted octanol–water partition coefficient (Wildman–Crippen LogP) is 4.30. The Morgan fingerprint density at radius 2 is 1.86 bits per heavy atom. The maximum absolute atomic E-state index is 12.0. The van der Waals surface area contributed by atoms with Crippen LogP contribution in [0.15, 0.2) is 0 Å². The van der Waals surface area contributed by atoms with Crippen molar-refractivity contribution in [3.05, 3.63) is 0 Å². The van der Waals surface area contributed by atoms with E-state index in [1.54, 1.807) is 0 Å². The van der Waals surface area contributed by atoms with Crippen LogP contribution in [0.25, 0.3) is 0 Å². The molecule has 1 fully saturated rings. The molecule has 0 heterocycles. The Morgan fingerprint density at radius 3 is 2.33 bits per heavy atom. The molecule has 0 radical (unpaired) electrons. The fraction of sp³-hybridized carbons (Fsp3) is 0.944. The first-order valence-electron chi connectivity index (χ1n) is 8.79. The minimum atomic E-state index is -0.0469. The first kappa shape index (κ1) is 18.5. The van der Waals surface area contributed by atoms with E-state index in [1.165, 1.54) is 19.3 Å². The van der Waals surface area contributed by atoms with Crippen LogP contribution in [-0.4, -0.2) is 24.7 Å². The Kier molecular flexibility index (Phi) is 7.19. The molecule has 0 aromatic heterocycles. The van der Waals surface area contributed by atoms with E-state index in [0.717, 1.165) is 31.7 Å². The minimum absolute atomic E-state index is 0.0252. The molecule has 21 heavy (non-hydrogen) atoms. The first-order valence-corrected chi connectivity index (χ1v) is 8.79. The summed E-state index contributed by atoms with van der Waals surface area (Å²) in [5.74, 6) is 0.732. The zero-order chi connectivity index (χ0) is 15.9. The van der Waals surface area contributed by atoms with Crippen LogP contribution < -0.4 is 5.32 Å². The Balaban J connectivity index is 2.67. The number of carbonyl (C=O) groups excluding carboxylic acids is 1. The van der Waals surface area contributed by atoms with Gasteiger partial charge in [-0.15, -0.1) is 0 Å². The zero-order valence-electron chi connectivity index (χ0n) is 14.8. The molecule has 0 amide bonds. The molecule has 0 unspecified atom stereocenters. The SMILES string of the molecule is CCCNC1(CC(=O)OCC)CCC(C(C)(C)CC)CC1. The van der Waals surface area contributed by atoms with Gasteiger partial charge < -0.3 is 10.1 Å². The maximum atomic E-state index is 12.0. The van der Waals surface area contributed by atoms with Crippen molar-refractivity contribution in [1.82, 2.24) is 5.32 Å². The summed E-state index contributed by atoms with van der Waals surface area (Å²) in [6, 6.07) is 0. The molecule has 124 valence electrons. The highest BCUT2D eigenvalue weighted by Gasteiger charge is 2.40. The number of nitrogens with one attached hydrogen (secondary N) is 1. The van der Waals surface area contributed by atoms with E-state index >= 15 is 0 Å². The van der Waals surface area contributed by atoms with Crippen molar-refractivity contribution in [2.75, 3.05) is 13.2 Å². The second-order valence-electron chi connectivity index (χ2n) is 7.31. The largest absolute Gasteiger partial charge is 0.466 e. The maximum Gasteiger partial charge on any atom is 0.307 e. The molecule has 0 aliphatic heterocycles. The summed E-state index contributed by atoms with van der Waals surface area (Å²) in [5, 5.41) is 3.66. The third-order valence-electron chi connectivity index (χ3n) is 5.50. The lowest BCUT2D eigenvalue weighted by Crippen LogP contribution is -2.51. The van der Waals surface area contributed by atoms with E-state index in [-0.39, 0.29) is 11.5 Å². The zero-order valence-corrected chi connectivity index (χ0v) is 14.8. The van der Waals surface area contributed by atoms with Gasteiger partial charge in [-0.3, -0.25) is 4.79 Å². The highest BCUT2D eigenvalue weighted by atomic mass is 16.5. The van der Waals surface area contributed by atoms with Crippen molar-refractivity contribution in [2.24, 2.45) is 11.3 Å². The second-order valence-corrected chi connectivity index (χ2v) is 7.31. The topological polar surface area (TPSA) is 38.3 Å². The Labute approximate surface area is 131 Å². The van der Waals surface area contributed by atoms with Crippen molar-refractivity contribution in [3.63, 3.8) is 0 Å². The number of carbonyl (C=O) groups is 1. The average Bonchev–Trinajstić information content (AvgIpc) is 2.46. The molecule has 1 aliphatic carbocycles. The predicted molar refractivity (Wildman–Crippen MR) is 88.3 cm³/mol. The number of rotatable bonds is 8. The Bertz CT molecular complexity index is 317. The molecule has 3 heteroatoms. The normalized spacial score (nSPS) is 26.6. The van der Waals surface area contributed by atoms with E-state index in [9.17, 15) is 4.79 Å². The first-order chi connectivity index (χ1) is 9.89. The van der Waals surface area contributed by atoms with Crippen LogP contribution in [0.4, 0.5) is 0 Å². The molecule has 0 atom stereocenters. The lowest BCUT2D eigenvalue weighted by molar-refractivity contribution is -0.145. The third kappa shape index (κ3) is 5.28. The van der Waals surface area contributed by atoms with E-state index in [1.807, 2.05) is 6.92 Å². The van der Waals surface area contributed by atoms with Crippen molar-refractivity contribution < 1.29 is 9.53 Å². The van der Waals surface area contributed by atoms with Gasteiger partial charge in [-0.05, 0) is 56.9 Å². The molecule has 0 aromatic rings. The lowest BCUT2D eigenvalue weighted by Gasteiger charge is -2.45. The summed E-state index contributed by atoms with van der Waals surface area (Å²) >= 11 is 0. The Morgan fingerprint density at radius 1 is 1.24 bits per heavy atom. The van der Waals surface area contributed by atoms with Gasteiger partial charge >= 0.3 is 5.97 Å². The van der Waals surface area contributed by atoms with Crippen LogP contribution in [0.2, 0.25) is 0 Å². The lowest BCUT2D eigenvalue weighted by atomic mass is 9.65. The second kappa shape index (κ2) is 8.17. The average molecular weight is 297 g/mol. The van der Waals surface area contributed by atoms with E-state index in [4.69, 9.17) is 4.74 Å². The molecular formula is C18H35NO2. The van der Waals surface area contributed by atoms with Gasteiger partial charge in [0.25, 0.3) is 0 Å². The smallest absolute Gasteiger partial charge is 0.307 e. The third-order valence-corrected chi connectivity index (χ3v) is 5.50. The summed E-state index contributed by atoms with van der Waals surface area (Å²) in [6.07, 6.45) is 7.49. The number of hydrogen-bond donors (Lipinski definition) is 1. The van der Waals surface area contributed by atoms with Gasteiger partial charge in [-0.2, -0.15) is 0 Å². The van der Waals surface area contributed by atoms with E-state index < -0.39 is 0 Å². The van der Waals surface area contributed by atoms with Gasteiger partial charge in [0.15, 0.2) is 0 Å². The summed E-state index contributed by atoms with van der Waals surface area (Å²) < 4.78 is 5.19. The number of esters is 1. The van der Waals surface area contributed by atoms with Gasteiger partial charge in [-0.1, -0.05) is 34.1 Å². The van der Waals surface area contributed by atoms with Crippen LogP contribution in [0.5, 0.6) is 0 Å². The van der Waals surface area contributed by atoms with Crippen molar-refractivity contribution in [1.29, 1.82) is 0 Å². The fourth-order valence-electron chi connectivity index (χ4n) is 3.54. The van der Waals surface area contributed by atoms with E-state index in [2.05, 4.69) is 33.0 Å². The standard InChI is InChI=1S/C18H35NO2/c1-6-13-19-18(14-16(20)21-8-3)11-9-15(10-12-18)17(4,5)7-2/h15,19H,6-14H2,1-5H3. The number of ether oxygens (including phenoxy) is 1. The molecule has 3 nitrogen and oxygen atoms in total. The molecule has 0 spiro atoms. The van der Waals surface area contributed by atoms with Crippen LogP contribution in [0.1, 0.15) is 79.6 Å². The van der Waals surface area contributed by atoms with Crippen molar-refractivity contribution in [2.45, 2.75) is 85.1 Å². The fourth-order valence-corrected chi connectivity index (χ4v) is 3.54. The molecular weight excluding hydrogens is 262 g/mol. The summed E-state index contributed by atoms with van der Waals surface area (Å²) in [7, 11) is 0. The Hall–Kier alpha value is -0.570. The highest BCUT2D eigenvalue weighted by molar-refractivity contribution is 5.71. The molecule has 1 saturated carbocycles. The molecule has 0 aromatic carbocycles. The van der Waals surface area contributed by atoms with Crippen molar-refractivity contribution in [3.8, 4) is 0 Å². The van der Waals surface area contributed by atoms with Crippen LogP contribution in [0, 0.1) is 11.3 Å². The van der Waals surface area contributed by atoms with Gasteiger partial charge in [0.1, 0.15) is 0 Å².